The minimum atomic E-state index is -0.634. The van der Waals surface area contributed by atoms with Gasteiger partial charge in [-0.1, -0.05) is 30.3 Å². The Morgan fingerprint density at radius 1 is 1.00 bits per heavy atom. The zero-order chi connectivity index (χ0) is 24.9. The van der Waals surface area contributed by atoms with E-state index >= 15 is 0 Å². The molecule has 0 spiro atoms. The largest absolute Gasteiger partial charge is 0.382 e. The number of hydrogen-bond acceptors (Lipinski definition) is 8. The Kier molecular flexibility index (Phi) is 7.16. The lowest BCUT2D eigenvalue weighted by molar-refractivity contribution is -0.122. The molecule has 7 N–H and O–H groups in total. The number of nitrogens with zero attached hydrogens (tertiary/aromatic N) is 2. The van der Waals surface area contributed by atoms with Gasteiger partial charge in [-0.3, -0.25) is 10.2 Å². The number of nitrogen functional groups attached to an aromatic ring is 2. The summed E-state index contributed by atoms with van der Waals surface area (Å²) in [5, 5.41) is 14.1. The van der Waals surface area contributed by atoms with Crippen LogP contribution in [0.25, 0.3) is 0 Å². The summed E-state index contributed by atoms with van der Waals surface area (Å²) in [7, 11) is 0. The zero-order valence-corrected chi connectivity index (χ0v) is 18.8. The van der Waals surface area contributed by atoms with Gasteiger partial charge in [0, 0.05) is 36.8 Å². The van der Waals surface area contributed by atoms with Crippen LogP contribution in [0.5, 0.6) is 0 Å². The Labute approximate surface area is 200 Å². The average Bonchev–Trinajstić information content (AvgIpc) is 2.86. The monoisotopic (exact) mass is 481 g/mol. The van der Waals surface area contributed by atoms with Crippen molar-refractivity contribution in [2.45, 2.75) is 19.4 Å². The number of benzene rings is 2. The molecular formula is C24H25F2N7O2. The molecule has 0 aliphatic carbocycles. The normalized spacial score (nSPS) is 13.9. The van der Waals surface area contributed by atoms with Crippen molar-refractivity contribution in [3.8, 4) is 0 Å². The summed E-state index contributed by atoms with van der Waals surface area (Å²) in [5.41, 5.74) is 12.3. The summed E-state index contributed by atoms with van der Waals surface area (Å²) in [6.07, 6.45) is 1.16. The average molecular weight is 482 g/mol. The van der Waals surface area contributed by atoms with Gasteiger partial charge >= 0.3 is 0 Å². The third-order valence-corrected chi connectivity index (χ3v) is 5.73. The van der Waals surface area contributed by atoms with E-state index in [4.69, 9.17) is 21.6 Å². The van der Waals surface area contributed by atoms with Crippen LogP contribution in [0.1, 0.15) is 29.8 Å². The fourth-order valence-electron chi connectivity index (χ4n) is 3.78. The van der Waals surface area contributed by atoms with E-state index in [1.54, 1.807) is 18.2 Å². The highest BCUT2D eigenvalue weighted by molar-refractivity contribution is 6.12. The second kappa shape index (κ2) is 10.4. The second-order valence-electron chi connectivity index (χ2n) is 8.05. The van der Waals surface area contributed by atoms with Gasteiger partial charge in [-0.15, -0.1) is 0 Å². The van der Waals surface area contributed by atoms with Gasteiger partial charge in [-0.25, -0.2) is 18.7 Å². The second-order valence-corrected chi connectivity index (χ2v) is 8.05. The van der Waals surface area contributed by atoms with E-state index < -0.39 is 11.6 Å². The molecule has 1 amide bonds. The fourth-order valence-corrected chi connectivity index (χ4v) is 3.78. The van der Waals surface area contributed by atoms with Gasteiger partial charge in [0.05, 0.1) is 5.69 Å². The minimum absolute atomic E-state index is 0.00377. The van der Waals surface area contributed by atoms with Crippen LogP contribution in [0.2, 0.25) is 0 Å². The molecule has 35 heavy (non-hydrogen) atoms. The van der Waals surface area contributed by atoms with E-state index in [0.717, 1.165) is 0 Å². The van der Waals surface area contributed by atoms with Crippen molar-refractivity contribution < 1.29 is 18.3 Å². The fraction of sp³-hybridized carbons (Fsp3) is 0.250. The minimum Gasteiger partial charge on any atom is -0.382 e. The number of carbonyl (C=O) groups excluding carboxylic acids is 1. The number of para-hydroxylation sites is 1. The summed E-state index contributed by atoms with van der Waals surface area (Å²) in [6, 6.07) is 10.3. The number of ether oxygens (including phenoxy) is 1. The molecule has 0 radical (unpaired) electrons. The molecule has 11 heteroatoms. The van der Waals surface area contributed by atoms with Crippen LogP contribution in [0, 0.1) is 23.0 Å². The number of halogens is 2. The van der Waals surface area contributed by atoms with E-state index in [9.17, 15) is 13.6 Å². The lowest BCUT2D eigenvalue weighted by Crippen LogP contribution is -2.29. The summed E-state index contributed by atoms with van der Waals surface area (Å²) < 4.78 is 33.9. The first kappa shape index (κ1) is 24.0. The Balaban J connectivity index is 1.57. The van der Waals surface area contributed by atoms with Gasteiger partial charge in [0.2, 0.25) is 5.91 Å². The van der Waals surface area contributed by atoms with Gasteiger partial charge in [0.15, 0.2) is 17.5 Å². The highest BCUT2D eigenvalue weighted by Crippen LogP contribution is 2.28. The highest BCUT2D eigenvalue weighted by Gasteiger charge is 2.25. The third kappa shape index (κ3) is 5.35. The zero-order valence-electron chi connectivity index (χ0n) is 18.8. The van der Waals surface area contributed by atoms with Crippen molar-refractivity contribution >= 4 is 34.6 Å². The number of anilines is 4. The number of rotatable bonds is 7. The Hall–Kier alpha value is -4.12. The number of amides is 1. The summed E-state index contributed by atoms with van der Waals surface area (Å²) in [4.78, 5) is 20.8. The van der Waals surface area contributed by atoms with Crippen LogP contribution < -0.4 is 22.1 Å². The first-order valence-corrected chi connectivity index (χ1v) is 11.0. The van der Waals surface area contributed by atoms with E-state index in [1.807, 2.05) is 0 Å². The third-order valence-electron chi connectivity index (χ3n) is 5.73. The maximum absolute atomic E-state index is 14.7. The number of nitrogens with two attached hydrogens (primary N) is 2. The number of nitrogens with one attached hydrogen (secondary N) is 3. The molecule has 3 aromatic rings. The molecule has 1 saturated heterocycles. The smallest absolute Gasteiger partial charge is 0.227 e. The predicted molar refractivity (Wildman–Crippen MR) is 129 cm³/mol. The van der Waals surface area contributed by atoms with E-state index in [2.05, 4.69) is 20.6 Å². The highest BCUT2D eigenvalue weighted by atomic mass is 19.1. The standard InChI is InChI=1S/C24H25F2N7O2/c25-16-6-2-1-4-14(16)12-30-19-15(5-3-7-17(19)26)18(27)23-32-21(28)20(22(29)33-23)31-24(34)13-8-10-35-11-9-13/h1-7,13,27,30H,8-12H2,(H,31,34)(H4,28,29,32,33). The molecule has 1 aliphatic heterocycles. The molecule has 2 aromatic carbocycles. The predicted octanol–water partition coefficient (Wildman–Crippen LogP) is 3.31. The lowest BCUT2D eigenvalue weighted by Gasteiger charge is -2.22. The first-order valence-electron chi connectivity index (χ1n) is 11.0. The molecule has 9 nitrogen and oxygen atoms in total. The number of carbonyl (C=O) groups is 1. The van der Waals surface area contributed by atoms with Gasteiger partial charge < -0.3 is 26.8 Å². The van der Waals surface area contributed by atoms with Crippen LogP contribution in [0.4, 0.5) is 31.8 Å². The molecule has 4 rings (SSSR count). The molecule has 1 aliphatic rings. The molecule has 1 fully saturated rings. The van der Waals surface area contributed by atoms with Crippen LogP contribution in [-0.2, 0) is 16.1 Å². The van der Waals surface area contributed by atoms with Crippen LogP contribution in [-0.4, -0.2) is 34.8 Å². The molecule has 1 aromatic heterocycles. The van der Waals surface area contributed by atoms with Gasteiger partial charge in [-0.2, -0.15) is 0 Å². The van der Waals surface area contributed by atoms with Crippen LogP contribution in [0.15, 0.2) is 42.5 Å². The topological polar surface area (TPSA) is 152 Å². The van der Waals surface area contributed by atoms with Crippen molar-refractivity contribution in [1.82, 2.24) is 9.97 Å². The summed E-state index contributed by atoms with van der Waals surface area (Å²) in [5.74, 6) is -1.95. The van der Waals surface area contributed by atoms with E-state index in [-0.39, 0.29) is 58.5 Å². The molecule has 0 bridgehead atoms. The van der Waals surface area contributed by atoms with Crippen molar-refractivity contribution in [1.29, 1.82) is 5.41 Å². The molecule has 0 unspecified atom stereocenters. The molecule has 0 saturated carbocycles. The van der Waals surface area contributed by atoms with Gasteiger partial charge in [0.1, 0.15) is 23.0 Å². The Morgan fingerprint density at radius 3 is 2.34 bits per heavy atom. The SMILES string of the molecule is N=C(c1nc(N)c(NC(=O)C2CCOCC2)c(N)n1)c1cccc(F)c1NCc1ccccc1F. The quantitative estimate of drug-likeness (QED) is 0.325. The maximum atomic E-state index is 14.7. The number of hydrogen-bond donors (Lipinski definition) is 5. The van der Waals surface area contributed by atoms with Gasteiger partial charge in [-0.05, 0) is 25.0 Å². The summed E-state index contributed by atoms with van der Waals surface area (Å²) >= 11 is 0. The van der Waals surface area contributed by atoms with Crippen molar-refractivity contribution in [2.24, 2.45) is 5.92 Å². The molecule has 2 heterocycles. The lowest BCUT2D eigenvalue weighted by atomic mass is 9.99. The van der Waals surface area contributed by atoms with Gasteiger partial charge in [0.25, 0.3) is 0 Å². The summed E-state index contributed by atoms with van der Waals surface area (Å²) in [6.45, 7) is 0.989. The maximum Gasteiger partial charge on any atom is 0.227 e. The molecular weight excluding hydrogens is 456 g/mol. The van der Waals surface area contributed by atoms with E-state index in [1.165, 1.54) is 24.3 Å². The molecule has 182 valence electrons. The van der Waals surface area contributed by atoms with Crippen LogP contribution in [0.3, 0.4) is 0 Å². The van der Waals surface area contributed by atoms with E-state index in [0.29, 0.717) is 31.6 Å². The molecule has 0 atom stereocenters. The number of aromatic nitrogens is 2. The Bertz CT molecular complexity index is 1240. The van der Waals surface area contributed by atoms with Crippen molar-refractivity contribution in [2.75, 3.05) is 35.3 Å². The first-order chi connectivity index (χ1) is 16.8. The van der Waals surface area contributed by atoms with Crippen LogP contribution >= 0.6 is 0 Å². The van der Waals surface area contributed by atoms with Crippen molar-refractivity contribution in [3.63, 3.8) is 0 Å². The van der Waals surface area contributed by atoms with Crippen molar-refractivity contribution in [3.05, 3.63) is 71.1 Å². The Morgan fingerprint density at radius 2 is 1.66 bits per heavy atom.